The number of esters is 1. The fraction of sp³-hybridized carbons (Fsp3) is 0.455. The molecule has 0 fully saturated rings. The molecule has 1 aromatic heterocycles. The van der Waals surface area contributed by atoms with Gasteiger partial charge in [-0.25, -0.2) is 13.8 Å². The van der Waals surface area contributed by atoms with Gasteiger partial charge < -0.3 is 15.4 Å². The Balaban J connectivity index is 2.80. The number of hydrogen-bond donors (Lipinski definition) is 2. The fourth-order valence-corrected chi connectivity index (χ4v) is 1.19. The molecule has 0 aromatic carbocycles. The van der Waals surface area contributed by atoms with Gasteiger partial charge in [-0.3, -0.25) is 4.79 Å². The third kappa shape index (κ3) is 3.83. The van der Waals surface area contributed by atoms with Crippen molar-refractivity contribution in [2.24, 2.45) is 0 Å². The fourth-order valence-electron chi connectivity index (χ4n) is 1.19. The molecule has 18 heavy (non-hydrogen) atoms. The summed E-state index contributed by atoms with van der Waals surface area (Å²) in [5.74, 6) is -2.45. The minimum Gasteiger partial charge on any atom is -0.468 e. The zero-order valence-electron chi connectivity index (χ0n) is 10.2. The number of nitrogens with one attached hydrogen (secondary N) is 2. The highest BCUT2D eigenvalue weighted by atomic mass is 19.1. The summed E-state index contributed by atoms with van der Waals surface area (Å²) in [7, 11) is 1.21. The lowest BCUT2D eigenvalue weighted by atomic mass is 10.3. The van der Waals surface area contributed by atoms with Gasteiger partial charge in [-0.15, -0.1) is 0 Å². The predicted molar refractivity (Wildman–Crippen MR) is 63.4 cm³/mol. The van der Waals surface area contributed by atoms with E-state index in [-0.39, 0.29) is 18.2 Å². The van der Waals surface area contributed by atoms with Gasteiger partial charge in [0.1, 0.15) is 6.54 Å². The Labute approximate surface area is 104 Å². The van der Waals surface area contributed by atoms with Gasteiger partial charge in [0.05, 0.1) is 7.11 Å². The van der Waals surface area contributed by atoms with E-state index < -0.39 is 17.6 Å². The number of ether oxygens (including phenoxy) is 1. The number of pyridine rings is 1. The SMILES string of the molecule is CCCNc1nc(NCC(=O)OC)c(F)cc1F. The number of anilines is 2. The summed E-state index contributed by atoms with van der Waals surface area (Å²) in [6.07, 6.45) is 0.781. The van der Waals surface area contributed by atoms with Crippen LogP contribution in [0.25, 0.3) is 0 Å². The van der Waals surface area contributed by atoms with Crippen molar-refractivity contribution in [2.45, 2.75) is 13.3 Å². The van der Waals surface area contributed by atoms with Crippen LogP contribution in [0.1, 0.15) is 13.3 Å². The summed E-state index contributed by atoms with van der Waals surface area (Å²) in [4.78, 5) is 14.6. The quantitative estimate of drug-likeness (QED) is 0.762. The molecule has 1 rings (SSSR count). The summed E-state index contributed by atoms with van der Waals surface area (Å²) < 4.78 is 31.1. The van der Waals surface area contributed by atoms with Crippen LogP contribution in [0.4, 0.5) is 20.4 Å². The van der Waals surface area contributed by atoms with Crippen molar-refractivity contribution in [2.75, 3.05) is 30.8 Å². The van der Waals surface area contributed by atoms with Gasteiger partial charge >= 0.3 is 5.97 Å². The van der Waals surface area contributed by atoms with E-state index in [2.05, 4.69) is 20.4 Å². The van der Waals surface area contributed by atoms with Crippen molar-refractivity contribution in [1.82, 2.24) is 4.98 Å². The number of rotatable bonds is 6. The van der Waals surface area contributed by atoms with Crippen LogP contribution in [0.3, 0.4) is 0 Å². The number of carbonyl (C=O) groups excluding carboxylic acids is 1. The second-order valence-corrected chi connectivity index (χ2v) is 3.51. The molecule has 7 heteroatoms. The molecule has 100 valence electrons. The van der Waals surface area contributed by atoms with Crippen LogP contribution in [0, 0.1) is 11.6 Å². The van der Waals surface area contributed by atoms with E-state index in [1.807, 2.05) is 6.92 Å². The average Bonchev–Trinajstić information content (AvgIpc) is 2.36. The third-order valence-corrected chi connectivity index (χ3v) is 2.10. The van der Waals surface area contributed by atoms with Crippen LogP contribution in [0.2, 0.25) is 0 Å². The Morgan fingerprint density at radius 1 is 1.33 bits per heavy atom. The van der Waals surface area contributed by atoms with E-state index in [1.165, 1.54) is 7.11 Å². The molecule has 0 aliphatic carbocycles. The maximum atomic E-state index is 13.4. The van der Waals surface area contributed by atoms with Gasteiger partial charge in [0.25, 0.3) is 0 Å². The van der Waals surface area contributed by atoms with Crippen LogP contribution in [-0.4, -0.2) is 31.2 Å². The Morgan fingerprint density at radius 2 is 1.94 bits per heavy atom. The number of hydrogen-bond acceptors (Lipinski definition) is 5. The molecule has 0 unspecified atom stereocenters. The molecule has 0 aliphatic rings. The third-order valence-electron chi connectivity index (χ3n) is 2.10. The molecular weight excluding hydrogens is 244 g/mol. The first kappa shape index (κ1) is 14.1. The van der Waals surface area contributed by atoms with E-state index in [0.29, 0.717) is 12.6 Å². The second kappa shape index (κ2) is 6.73. The highest BCUT2D eigenvalue weighted by Crippen LogP contribution is 2.18. The highest BCUT2D eigenvalue weighted by Gasteiger charge is 2.12. The summed E-state index contributed by atoms with van der Waals surface area (Å²) in [6.45, 7) is 2.19. The van der Waals surface area contributed by atoms with Gasteiger partial charge in [0.15, 0.2) is 23.3 Å². The average molecular weight is 259 g/mol. The molecular formula is C11H15F2N3O2. The predicted octanol–water partition coefficient (Wildman–Crippen LogP) is 1.77. The Morgan fingerprint density at radius 3 is 2.50 bits per heavy atom. The van der Waals surface area contributed by atoms with Crippen molar-refractivity contribution < 1.29 is 18.3 Å². The number of nitrogens with zero attached hydrogens (tertiary/aromatic N) is 1. The zero-order chi connectivity index (χ0) is 13.5. The van der Waals surface area contributed by atoms with E-state index in [0.717, 1.165) is 6.42 Å². The highest BCUT2D eigenvalue weighted by molar-refractivity contribution is 5.74. The Bertz CT molecular complexity index is 427. The lowest BCUT2D eigenvalue weighted by Crippen LogP contribution is -2.17. The zero-order valence-corrected chi connectivity index (χ0v) is 10.2. The molecule has 0 spiro atoms. The Hall–Kier alpha value is -1.92. The van der Waals surface area contributed by atoms with Crippen molar-refractivity contribution in [3.8, 4) is 0 Å². The van der Waals surface area contributed by atoms with Gasteiger partial charge in [0.2, 0.25) is 0 Å². The van der Waals surface area contributed by atoms with Gasteiger partial charge in [0, 0.05) is 12.6 Å². The number of aromatic nitrogens is 1. The number of methoxy groups -OCH3 is 1. The van der Waals surface area contributed by atoms with E-state index >= 15 is 0 Å². The normalized spacial score (nSPS) is 10.0. The number of carbonyl (C=O) groups is 1. The van der Waals surface area contributed by atoms with E-state index in [4.69, 9.17) is 0 Å². The minimum absolute atomic E-state index is 0.0504. The number of halogens is 2. The van der Waals surface area contributed by atoms with Crippen molar-refractivity contribution in [3.63, 3.8) is 0 Å². The van der Waals surface area contributed by atoms with Gasteiger partial charge in [-0.1, -0.05) is 6.92 Å². The molecule has 0 amide bonds. The summed E-state index contributed by atoms with van der Waals surface area (Å²) in [5, 5.41) is 5.16. The first-order chi connectivity index (χ1) is 8.58. The molecule has 0 atom stereocenters. The monoisotopic (exact) mass is 259 g/mol. The van der Waals surface area contributed by atoms with Crippen molar-refractivity contribution >= 4 is 17.6 Å². The molecule has 0 aliphatic heterocycles. The molecule has 0 saturated heterocycles. The maximum absolute atomic E-state index is 13.4. The lowest BCUT2D eigenvalue weighted by Gasteiger charge is -2.10. The molecule has 1 aromatic rings. The first-order valence-electron chi connectivity index (χ1n) is 5.49. The maximum Gasteiger partial charge on any atom is 0.325 e. The van der Waals surface area contributed by atoms with Gasteiger partial charge in [-0.2, -0.15) is 0 Å². The van der Waals surface area contributed by atoms with Gasteiger partial charge in [-0.05, 0) is 6.42 Å². The van der Waals surface area contributed by atoms with E-state index in [9.17, 15) is 13.6 Å². The minimum atomic E-state index is -0.863. The van der Waals surface area contributed by atoms with Crippen molar-refractivity contribution in [3.05, 3.63) is 17.7 Å². The van der Waals surface area contributed by atoms with Crippen LogP contribution in [-0.2, 0) is 9.53 Å². The summed E-state index contributed by atoms with van der Waals surface area (Å²) in [6, 6.07) is 0.713. The standard InChI is InChI=1S/C11H15F2N3O2/c1-3-4-14-10-7(12)5-8(13)11(16-10)15-6-9(17)18-2/h5H,3-4,6H2,1-2H3,(H2,14,15,16). The topological polar surface area (TPSA) is 63.2 Å². The second-order valence-electron chi connectivity index (χ2n) is 3.51. The summed E-state index contributed by atoms with van der Waals surface area (Å²) in [5.41, 5.74) is 0. The Kier molecular flexibility index (Phi) is 5.29. The molecule has 1 heterocycles. The molecule has 0 radical (unpaired) electrons. The van der Waals surface area contributed by atoms with Crippen LogP contribution in [0.5, 0.6) is 0 Å². The summed E-state index contributed by atoms with van der Waals surface area (Å²) >= 11 is 0. The first-order valence-corrected chi connectivity index (χ1v) is 5.49. The van der Waals surface area contributed by atoms with E-state index in [1.54, 1.807) is 0 Å². The van der Waals surface area contributed by atoms with Crippen LogP contribution >= 0.6 is 0 Å². The van der Waals surface area contributed by atoms with Crippen molar-refractivity contribution in [1.29, 1.82) is 0 Å². The van der Waals surface area contributed by atoms with Crippen LogP contribution < -0.4 is 10.6 Å². The van der Waals surface area contributed by atoms with Crippen LogP contribution in [0.15, 0.2) is 6.07 Å². The smallest absolute Gasteiger partial charge is 0.325 e. The molecule has 5 nitrogen and oxygen atoms in total. The molecule has 2 N–H and O–H groups in total. The molecule has 0 bridgehead atoms. The molecule has 0 saturated carbocycles. The lowest BCUT2D eigenvalue weighted by molar-refractivity contribution is -0.138. The largest absolute Gasteiger partial charge is 0.468 e.